The van der Waals surface area contributed by atoms with Crippen molar-refractivity contribution in [3.05, 3.63) is 0 Å². The van der Waals surface area contributed by atoms with Gasteiger partial charge >= 0.3 is 29.6 Å². The van der Waals surface area contributed by atoms with Crippen LogP contribution in [0.25, 0.3) is 0 Å². The third-order valence-corrected chi connectivity index (χ3v) is 0. The van der Waals surface area contributed by atoms with E-state index in [2.05, 4.69) is 0 Å². The average Bonchev–Trinajstić information content (AvgIpc) is 1.25. The van der Waals surface area contributed by atoms with E-state index in [0.29, 0.717) is 0 Å². The van der Waals surface area contributed by atoms with Crippen LogP contribution in [0.15, 0.2) is 0 Å². The molecule has 60 valence electrons. The first-order valence-corrected chi connectivity index (χ1v) is 3.10. The first-order chi connectivity index (χ1) is 3.46. The molecule has 0 radical (unpaired) electrons. The second-order valence-corrected chi connectivity index (χ2v) is 1.30. The monoisotopic (exact) mass is 314 g/mol. The van der Waals surface area contributed by atoms with Crippen LogP contribution in [0.2, 0.25) is 0 Å². The Morgan fingerprint density at radius 2 is 1.00 bits per heavy atom. The molecule has 0 aliphatic heterocycles. The number of rotatable bonds is 0. The molecule has 10 heavy (non-hydrogen) atoms. The molecule has 2 N–H and O–H groups in total. The first-order valence-electron chi connectivity index (χ1n) is 1.03. The van der Waals surface area contributed by atoms with Crippen molar-refractivity contribution >= 4 is 22.7 Å². The zero-order valence-corrected chi connectivity index (χ0v) is 11.0. The van der Waals surface area contributed by atoms with Crippen LogP contribution in [-0.2, 0) is 22.7 Å². The molecule has 0 amide bonds. The van der Waals surface area contributed by atoms with Crippen LogP contribution in [0.3, 0.4) is 0 Å². The van der Waals surface area contributed by atoms with Crippen molar-refractivity contribution in [2.75, 3.05) is 0 Å². The van der Waals surface area contributed by atoms with Crippen LogP contribution in [-0.4, -0.2) is 26.6 Å². The Hall–Kier alpha value is 1.87. The quantitative estimate of drug-likeness (QED) is 0.260. The van der Waals surface area contributed by atoms with E-state index in [9.17, 15) is 0 Å². The van der Waals surface area contributed by atoms with E-state index in [1.54, 1.807) is 0 Å². The van der Waals surface area contributed by atoms with Crippen molar-refractivity contribution in [3.8, 4) is 0 Å². The Labute approximate surface area is 102 Å². The Balaban J connectivity index is -0.0000000300. The van der Waals surface area contributed by atoms with Crippen molar-refractivity contribution < 1.29 is 80.2 Å². The molecule has 0 aromatic rings. The van der Waals surface area contributed by atoms with Gasteiger partial charge < -0.3 is 18.2 Å². The molecule has 0 rings (SSSR count). The van der Waals surface area contributed by atoms with Gasteiger partial charge in [0, 0.05) is 0 Å². The molecule has 0 saturated heterocycles. The van der Waals surface area contributed by atoms with Crippen LogP contribution >= 0.6 is 0 Å². The second kappa shape index (κ2) is 17.1. The molecule has 0 saturated carbocycles. The minimum atomic E-state index is -2.86. The maximum absolute atomic E-state index is 8.56. The van der Waals surface area contributed by atoms with E-state index < -0.39 is 22.7 Å². The van der Waals surface area contributed by atoms with Crippen molar-refractivity contribution in [2.45, 2.75) is 0 Å². The average molecular weight is 314 g/mol. The van der Waals surface area contributed by atoms with Crippen molar-refractivity contribution in [1.29, 1.82) is 0 Å². The second-order valence-electron chi connectivity index (χ2n) is 0.434. The van der Waals surface area contributed by atoms with Crippen LogP contribution in [0.4, 0.5) is 0 Å². The van der Waals surface area contributed by atoms with Crippen LogP contribution in [0, 0.1) is 0 Å². The summed E-state index contributed by atoms with van der Waals surface area (Å²) in [5.74, 6) is 0. The van der Waals surface area contributed by atoms with Gasteiger partial charge in [-0.2, -0.15) is 0 Å². The standard InChI is InChI=1S/H2I.Na.2H2O3S/c;;2*1-4(2)3/h1H2;;2*(H2,1,2,3)/q2*+1;;/p-2. The summed E-state index contributed by atoms with van der Waals surface area (Å²) in [7, 11) is 0. The van der Waals surface area contributed by atoms with Gasteiger partial charge in [-0.1, -0.05) is 0 Å². The Bertz CT molecular complexity index is 73.7. The molecule has 0 spiro atoms. The van der Waals surface area contributed by atoms with Gasteiger partial charge in [0.15, 0.2) is 0 Å². The molecule has 0 fully saturated rings. The van der Waals surface area contributed by atoms with E-state index in [0.717, 1.165) is 0 Å². The molecular formula is H4INaO6S2. The molecule has 0 aliphatic carbocycles. The third-order valence-electron chi connectivity index (χ3n) is 0. The van der Waals surface area contributed by atoms with Crippen molar-refractivity contribution in [3.63, 3.8) is 0 Å². The summed E-state index contributed by atoms with van der Waals surface area (Å²) in [5, 5.41) is 0. The van der Waals surface area contributed by atoms with Gasteiger partial charge in [-0.05, 0) is 0 Å². The number of halogens is 1. The molecule has 0 heterocycles. The van der Waals surface area contributed by atoms with E-state index >= 15 is 0 Å². The molecule has 10 heteroatoms. The zero-order chi connectivity index (χ0) is 7.15. The summed E-state index contributed by atoms with van der Waals surface area (Å²) < 4.78 is 48.2. The fourth-order valence-electron chi connectivity index (χ4n) is 0. The number of hydrogen-bond donors (Lipinski definition) is 2. The molecule has 0 bridgehead atoms. The summed E-state index contributed by atoms with van der Waals surface area (Å²) in [5.41, 5.74) is 0. The third kappa shape index (κ3) is 222. The molecular weight excluding hydrogens is 310 g/mol. The molecule has 2 unspecified atom stereocenters. The van der Waals surface area contributed by atoms with E-state index in [1.165, 1.54) is 0 Å². The van der Waals surface area contributed by atoms with E-state index in [1.807, 2.05) is 0 Å². The Morgan fingerprint density at radius 3 is 1.00 bits per heavy atom. The van der Waals surface area contributed by atoms with Gasteiger partial charge in [-0.25, -0.2) is 8.42 Å². The predicted octanol–water partition coefficient (Wildman–Crippen LogP) is -7.85. The molecule has 2 atom stereocenters. The van der Waals surface area contributed by atoms with Crippen LogP contribution in [0.1, 0.15) is 0 Å². The molecule has 0 aliphatic rings. The van der Waals surface area contributed by atoms with Crippen molar-refractivity contribution in [2.24, 2.45) is 0 Å². The van der Waals surface area contributed by atoms with Gasteiger partial charge in [-0.15, -0.1) is 0 Å². The van der Waals surface area contributed by atoms with Crippen LogP contribution in [0.5, 0.6) is 0 Å². The van der Waals surface area contributed by atoms with Gasteiger partial charge in [0.1, 0.15) is 0 Å². The normalized spacial score (nSPS) is 12.4. The fraction of sp³-hybridized carbons (Fsp3) is 0. The van der Waals surface area contributed by atoms with Gasteiger partial charge in [-0.3, -0.25) is 0 Å². The molecule has 0 aromatic heterocycles. The van der Waals surface area contributed by atoms with Gasteiger partial charge in [0.05, 0.1) is 22.7 Å². The Kier molecular flexibility index (Phi) is 38.7. The first kappa shape index (κ1) is 22.6. The molecule has 0 aromatic carbocycles. The maximum Gasteiger partial charge on any atom is 1.00 e. The summed E-state index contributed by atoms with van der Waals surface area (Å²) in [6.45, 7) is 0. The maximum atomic E-state index is 8.56. The summed E-state index contributed by atoms with van der Waals surface area (Å²) in [6, 6.07) is 0. The Morgan fingerprint density at radius 1 is 1.00 bits per heavy atom. The summed E-state index contributed by atoms with van der Waals surface area (Å²) in [4.78, 5) is 0. The minimum absolute atomic E-state index is 0. The largest absolute Gasteiger partial charge is 1.00 e. The zero-order valence-electron chi connectivity index (χ0n) is 4.79. The minimum Gasteiger partial charge on any atom is -0.750 e. The smallest absolute Gasteiger partial charge is 0.750 e. The van der Waals surface area contributed by atoms with Crippen LogP contribution < -0.4 is 53.5 Å². The predicted molar refractivity (Wildman–Crippen MR) is 25.9 cm³/mol. The topological polar surface area (TPSA) is 121 Å². The van der Waals surface area contributed by atoms with E-state index in [-0.39, 0.29) is 53.5 Å². The summed E-state index contributed by atoms with van der Waals surface area (Å²) >= 11 is -5.72. The molecule has 6 nitrogen and oxygen atoms in total. The summed E-state index contributed by atoms with van der Waals surface area (Å²) in [6.07, 6.45) is 0. The van der Waals surface area contributed by atoms with Crippen molar-refractivity contribution in [1.82, 2.24) is 0 Å². The number of hydrogen-bond acceptors (Lipinski definition) is 4. The van der Waals surface area contributed by atoms with Gasteiger partial charge in [0.2, 0.25) is 24.0 Å². The SMILES string of the molecule is O=S([O-])O.O=S([O-])O.[IH2+].[Na+]. The fourth-order valence-corrected chi connectivity index (χ4v) is 0. The van der Waals surface area contributed by atoms with E-state index in [4.69, 9.17) is 26.6 Å². The van der Waals surface area contributed by atoms with Gasteiger partial charge in [0.25, 0.3) is 0 Å².